The summed E-state index contributed by atoms with van der Waals surface area (Å²) in [6, 6.07) is 4.35. The lowest BCUT2D eigenvalue weighted by Crippen LogP contribution is -2.12. The molecule has 2 rings (SSSR count). The molecule has 0 fully saturated rings. The number of ether oxygens (including phenoxy) is 1. The number of nitro groups is 4. The van der Waals surface area contributed by atoms with Crippen LogP contribution in [-0.4, -0.2) is 43.3 Å². The van der Waals surface area contributed by atoms with E-state index in [0.29, 0.717) is 0 Å². The highest BCUT2D eigenvalue weighted by Gasteiger charge is 2.34. The number of carbonyl (C=O) groups is 2. The van der Waals surface area contributed by atoms with Crippen molar-refractivity contribution in [3.05, 3.63) is 87.0 Å². The van der Waals surface area contributed by atoms with Gasteiger partial charge in [0.05, 0.1) is 26.3 Å². The molecule has 35 heavy (non-hydrogen) atoms. The summed E-state index contributed by atoms with van der Waals surface area (Å²) in [7, 11) is 0. The van der Waals surface area contributed by atoms with E-state index in [1.807, 2.05) is 0 Å². The molecule has 0 aliphatic carbocycles. The Balaban J connectivity index is 0.000000646. The van der Waals surface area contributed by atoms with Crippen molar-refractivity contribution in [3.8, 4) is 0 Å². The SMILES string of the molecule is C.CCOC(=O)c1c([N+](=O)[O-])ccc(C)c1[N+](=O)[O-].Cc1ccc([N+](=O)[O-])c(C(=O)O)c1[N+](=O)[O-]. The monoisotopic (exact) mass is 496 g/mol. The number of rotatable bonds is 7. The average molecular weight is 496 g/mol. The maximum atomic E-state index is 11.6. The molecule has 0 unspecified atom stereocenters. The van der Waals surface area contributed by atoms with E-state index < -0.39 is 65.5 Å². The third-order valence-corrected chi connectivity index (χ3v) is 4.17. The maximum absolute atomic E-state index is 11.6. The van der Waals surface area contributed by atoms with Crippen LogP contribution in [0.2, 0.25) is 0 Å². The Morgan fingerprint density at radius 2 is 1.14 bits per heavy atom. The Morgan fingerprint density at radius 3 is 1.46 bits per heavy atom. The predicted octanol–water partition coefficient (Wildman–Crippen LogP) is 4.13. The van der Waals surface area contributed by atoms with Crippen molar-refractivity contribution < 1.29 is 39.1 Å². The van der Waals surface area contributed by atoms with E-state index in [9.17, 15) is 50.0 Å². The van der Waals surface area contributed by atoms with E-state index in [4.69, 9.17) is 5.11 Å². The number of carboxylic acids is 1. The van der Waals surface area contributed by atoms with Gasteiger partial charge in [0.1, 0.15) is 0 Å². The van der Waals surface area contributed by atoms with Gasteiger partial charge in [0, 0.05) is 23.3 Å². The summed E-state index contributed by atoms with van der Waals surface area (Å²) < 4.78 is 4.62. The summed E-state index contributed by atoms with van der Waals surface area (Å²) in [6.07, 6.45) is 0. The van der Waals surface area contributed by atoms with Crippen molar-refractivity contribution in [1.29, 1.82) is 0 Å². The number of hydrogen-bond donors (Lipinski definition) is 1. The molecular formula is C19H20N4O12. The first-order valence-corrected chi connectivity index (χ1v) is 9.01. The molecule has 0 amide bonds. The van der Waals surface area contributed by atoms with Gasteiger partial charge in [-0.05, 0) is 32.9 Å². The third kappa shape index (κ3) is 6.73. The maximum Gasteiger partial charge on any atom is 0.352 e. The van der Waals surface area contributed by atoms with Gasteiger partial charge in [-0.3, -0.25) is 40.5 Å². The Kier molecular flexibility index (Phi) is 10.5. The van der Waals surface area contributed by atoms with Gasteiger partial charge < -0.3 is 9.84 Å². The van der Waals surface area contributed by atoms with E-state index in [0.717, 1.165) is 18.2 Å². The smallest absolute Gasteiger partial charge is 0.352 e. The second-order valence-corrected chi connectivity index (χ2v) is 6.30. The van der Waals surface area contributed by atoms with Crippen LogP contribution in [-0.2, 0) is 4.74 Å². The number of carboxylic acid groups (broad SMARTS) is 1. The molecule has 16 heteroatoms. The Hall–Kier alpha value is -5.02. The first-order chi connectivity index (χ1) is 15.8. The number of hydrogen-bond acceptors (Lipinski definition) is 11. The van der Waals surface area contributed by atoms with Gasteiger partial charge in [0.15, 0.2) is 0 Å². The average Bonchev–Trinajstić information content (AvgIpc) is 2.72. The first kappa shape index (κ1) is 30.0. The van der Waals surface area contributed by atoms with Crippen LogP contribution in [0.3, 0.4) is 0 Å². The fraction of sp³-hybridized carbons (Fsp3) is 0.263. The standard InChI is InChI=1S/C10H10N2O6.C8H6N2O6.CH4/c1-3-18-10(13)8-7(11(14)15)5-4-6(2)9(8)12(16)17;1-4-2-3-5(9(13)14)6(8(11)12)7(4)10(15)16;/h4-5H,3H2,1-2H3;2-3H,1H3,(H,11,12);1H4. The molecule has 0 saturated heterocycles. The van der Waals surface area contributed by atoms with Gasteiger partial charge in [-0.1, -0.05) is 7.43 Å². The zero-order chi connectivity index (χ0) is 26.3. The van der Waals surface area contributed by atoms with Gasteiger partial charge in [-0.15, -0.1) is 0 Å². The molecule has 0 atom stereocenters. The third-order valence-electron chi connectivity index (χ3n) is 4.17. The van der Waals surface area contributed by atoms with Crippen LogP contribution < -0.4 is 0 Å². The molecule has 2 aromatic rings. The zero-order valence-electron chi connectivity index (χ0n) is 17.7. The highest BCUT2D eigenvalue weighted by Crippen LogP contribution is 2.32. The minimum absolute atomic E-state index is 0. The molecule has 0 heterocycles. The van der Waals surface area contributed by atoms with Gasteiger partial charge >= 0.3 is 11.9 Å². The van der Waals surface area contributed by atoms with E-state index in [2.05, 4.69) is 4.74 Å². The number of nitro benzene ring substituents is 4. The Morgan fingerprint density at radius 1 is 0.771 bits per heavy atom. The van der Waals surface area contributed by atoms with Crippen LogP contribution in [0.4, 0.5) is 22.7 Å². The highest BCUT2D eigenvalue weighted by molar-refractivity contribution is 5.99. The van der Waals surface area contributed by atoms with Crippen molar-refractivity contribution in [2.75, 3.05) is 6.61 Å². The quantitative estimate of drug-likeness (QED) is 0.323. The minimum atomic E-state index is -1.69. The van der Waals surface area contributed by atoms with Gasteiger partial charge in [-0.2, -0.15) is 0 Å². The van der Waals surface area contributed by atoms with E-state index in [1.54, 1.807) is 0 Å². The van der Waals surface area contributed by atoms with Crippen LogP contribution in [0.25, 0.3) is 0 Å². The van der Waals surface area contributed by atoms with E-state index in [-0.39, 0.29) is 25.2 Å². The predicted molar refractivity (Wildman–Crippen MR) is 119 cm³/mol. The normalized spacial score (nSPS) is 9.57. The van der Waals surface area contributed by atoms with Crippen molar-refractivity contribution in [3.63, 3.8) is 0 Å². The zero-order valence-corrected chi connectivity index (χ0v) is 17.7. The molecule has 0 aliphatic rings. The molecule has 0 aromatic heterocycles. The summed E-state index contributed by atoms with van der Waals surface area (Å²) in [5.41, 5.74) is -4.05. The van der Waals surface area contributed by atoms with Crippen molar-refractivity contribution in [2.45, 2.75) is 28.2 Å². The number of aryl methyl sites for hydroxylation is 2. The molecule has 0 saturated carbocycles. The molecule has 0 aliphatic heterocycles. The molecule has 0 bridgehead atoms. The van der Waals surface area contributed by atoms with Crippen LogP contribution in [0.15, 0.2) is 24.3 Å². The fourth-order valence-electron chi connectivity index (χ4n) is 2.76. The molecule has 1 N–H and O–H groups in total. The minimum Gasteiger partial charge on any atom is -0.477 e. The van der Waals surface area contributed by atoms with Gasteiger partial charge in [0.25, 0.3) is 22.7 Å². The molecule has 0 radical (unpaired) electrons. The highest BCUT2D eigenvalue weighted by atomic mass is 16.6. The Bertz CT molecular complexity index is 1210. The van der Waals surface area contributed by atoms with Crippen molar-refractivity contribution in [2.24, 2.45) is 0 Å². The lowest BCUT2D eigenvalue weighted by atomic mass is 10.1. The van der Waals surface area contributed by atoms with E-state index in [1.165, 1.54) is 26.8 Å². The lowest BCUT2D eigenvalue weighted by Gasteiger charge is -2.05. The lowest BCUT2D eigenvalue weighted by molar-refractivity contribution is -0.395. The molecule has 188 valence electrons. The number of nitrogens with zero attached hydrogens (tertiary/aromatic N) is 4. The molecule has 0 spiro atoms. The fourth-order valence-corrected chi connectivity index (χ4v) is 2.76. The summed E-state index contributed by atoms with van der Waals surface area (Å²) in [5.74, 6) is -2.76. The second kappa shape index (κ2) is 12.3. The summed E-state index contributed by atoms with van der Waals surface area (Å²) in [6.45, 7) is 4.19. The van der Waals surface area contributed by atoms with Gasteiger partial charge in [-0.25, -0.2) is 9.59 Å². The number of benzene rings is 2. The Labute approximate surface area is 196 Å². The molecular weight excluding hydrogens is 476 g/mol. The molecule has 16 nitrogen and oxygen atoms in total. The van der Waals surface area contributed by atoms with Crippen LogP contribution in [0, 0.1) is 54.3 Å². The summed E-state index contributed by atoms with van der Waals surface area (Å²) >= 11 is 0. The number of aromatic carboxylic acids is 1. The largest absolute Gasteiger partial charge is 0.477 e. The van der Waals surface area contributed by atoms with E-state index >= 15 is 0 Å². The van der Waals surface area contributed by atoms with Crippen molar-refractivity contribution in [1.82, 2.24) is 0 Å². The van der Waals surface area contributed by atoms with Crippen molar-refractivity contribution >= 4 is 34.7 Å². The van der Waals surface area contributed by atoms with Crippen LogP contribution >= 0.6 is 0 Å². The topological polar surface area (TPSA) is 236 Å². The van der Waals surface area contributed by atoms with Crippen LogP contribution in [0.5, 0.6) is 0 Å². The van der Waals surface area contributed by atoms with Gasteiger partial charge in [0.2, 0.25) is 11.1 Å². The molecule has 2 aromatic carbocycles. The summed E-state index contributed by atoms with van der Waals surface area (Å²) in [4.78, 5) is 61.7. The van der Waals surface area contributed by atoms with Crippen LogP contribution in [0.1, 0.15) is 46.2 Å². The second-order valence-electron chi connectivity index (χ2n) is 6.30. The number of esters is 1. The first-order valence-electron chi connectivity index (χ1n) is 9.01. The number of carbonyl (C=O) groups excluding carboxylic acids is 1. The summed E-state index contributed by atoms with van der Waals surface area (Å²) in [5, 5.41) is 51.6.